The second-order valence-electron chi connectivity index (χ2n) is 8.93. The van der Waals surface area contributed by atoms with Crippen LogP contribution in [0.15, 0.2) is 11.6 Å². The number of hydrogen-bond donors (Lipinski definition) is 3. The predicted molar refractivity (Wildman–Crippen MR) is 110 cm³/mol. The van der Waals surface area contributed by atoms with Crippen LogP contribution in [0.1, 0.15) is 65.7 Å². The summed E-state index contributed by atoms with van der Waals surface area (Å²) in [6.07, 6.45) is 9.43. The largest absolute Gasteiger partial charge is 0.348 e. The van der Waals surface area contributed by atoms with E-state index >= 15 is 0 Å². The SMILES string of the molecule is CC(C)(C)NC(=O)N1CCC(CNC(=O)C(=O)NCCC2=CCCCC2)CC1. The van der Waals surface area contributed by atoms with Crippen molar-refractivity contribution in [3.63, 3.8) is 0 Å². The second kappa shape index (κ2) is 10.5. The maximum atomic E-state index is 12.2. The molecule has 0 aromatic carbocycles. The van der Waals surface area contributed by atoms with Crippen molar-refractivity contribution in [2.75, 3.05) is 26.2 Å². The topological polar surface area (TPSA) is 90.5 Å². The average molecular weight is 393 g/mol. The van der Waals surface area contributed by atoms with Gasteiger partial charge in [0.2, 0.25) is 0 Å². The number of nitrogens with one attached hydrogen (secondary N) is 3. The molecule has 0 unspecified atom stereocenters. The molecule has 4 amide bonds. The number of allylic oxidation sites excluding steroid dienone is 1. The maximum absolute atomic E-state index is 12.2. The lowest BCUT2D eigenvalue weighted by Gasteiger charge is -2.34. The van der Waals surface area contributed by atoms with Gasteiger partial charge in [-0.2, -0.15) is 0 Å². The molecule has 0 aromatic heterocycles. The molecule has 0 bridgehead atoms. The molecule has 0 atom stereocenters. The normalized spacial score (nSPS) is 18.2. The Morgan fingerprint density at radius 3 is 2.36 bits per heavy atom. The van der Waals surface area contributed by atoms with Gasteiger partial charge in [0.1, 0.15) is 0 Å². The van der Waals surface area contributed by atoms with Gasteiger partial charge in [-0.25, -0.2) is 4.79 Å². The van der Waals surface area contributed by atoms with Crippen molar-refractivity contribution in [3.8, 4) is 0 Å². The quantitative estimate of drug-likeness (QED) is 0.495. The fraction of sp³-hybridized carbons (Fsp3) is 0.762. The lowest BCUT2D eigenvalue weighted by atomic mass is 9.97. The first-order valence-corrected chi connectivity index (χ1v) is 10.6. The highest BCUT2D eigenvalue weighted by Crippen LogP contribution is 2.19. The van der Waals surface area contributed by atoms with Crippen molar-refractivity contribution in [2.24, 2.45) is 5.92 Å². The number of piperidine rings is 1. The highest BCUT2D eigenvalue weighted by Gasteiger charge is 2.25. The Hall–Kier alpha value is -2.05. The summed E-state index contributed by atoms with van der Waals surface area (Å²) in [5.74, 6) is -0.827. The molecular weight excluding hydrogens is 356 g/mol. The van der Waals surface area contributed by atoms with E-state index in [1.165, 1.54) is 18.4 Å². The minimum absolute atomic E-state index is 0.0394. The number of urea groups is 1. The van der Waals surface area contributed by atoms with Gasteiger partial charge >= 0.3 is 17.8 Å². The number of carbonyl (C=O) groups is 3. The van der Waals surface area contributed by atoms with Crippen LogP contribution in [0.3, 0.4) is 0 Å². The molecule has 0 aromatic rings. The third-order valence-electron chi connectivity index (χ3n) is 5.26. The van der Waals surface area contributed by atoms with Gasteiger partial charge in [-0.15, -0.1) is 0 Å². The standard InChI is InChI=1S/C21H36N4O3/c1-21(2,3)24-20(28)25-13-10-17(11-14-25)15-23-19(27)18(26)22-12-9-16-7-5-4-6-8-16/h7,17H,4-6,8-15H2,1-3H3,(H,22,26)(H,23,27)(H,24,28). The average Bonchev–Trinajstić information content (AvgIpc) is 2.66. The minimum Gasteiger partial charge on any atom is -0.348 e. The molecule has 2 rings (SSSR count). The highest BCUT2D eigenvalue weighted by molar-refractivity contribution is 6.35. The third kappa shape index (κ3) is 7.90. The van der Waals surface area contributed by atoms with Crippen molar-refractivity contribution < 1.29 is 14.4 Å². The van der Waals surface area contributed by atoms with Gasteiger partial charge in [-0.3, -0.25) is 9.59 Å². The first kappa shape index (κ1) is 22.2. The van der Waals surface area contributed by atoms with E-state index in [1.54, 1.807) is 0 Å². The van der Waals surface area contributed by atoms with E-state index in [0.29, 0.717) is 32.1 Å². The van der Waals surface area contributed by atoms with Crippen LogP contribution in [0.2, 0.25) is 0 Å². The Kier molecular flexibility index (Phi) is 8.33. The van der Waals surface area contributed by atoms with Gasteiger partial charge in [-0.1, -0.05) is 11.6 Å². The lowest BCUT2D eigenvalue weighted by Crippen LogP contribution is -2.51. The van der Waals surface area contributed by atoms with E-state index in [4.69, 9.17) is 0 Å². The smallest absolute Gasteiger partial charge is 0.317 e. The number of carbonyl (C=O) groups excluding carboxylic acids is 3. The summed E-state index contributed by atoms with van der Waals surface area (Å²) in [6, 6.07) is -0.0394. The van der Waals surface area contributed by atoms with E-state index in [0.717, 1.165) is 32.1 Å². The number of likely N-dealkylation sites (tertiary alicyclic amines) is 1. The van der Waals surface area contributed by atoms with Gasteiger partial charge in [0.05, 0.1) is 0 Å². The Morgan fingerprint density at radius 2 is 1.75 bits per heavy atom. The molecule has 158 valence electrons. The molecule has 7 nitrogen and oxygen atoms in total. The number of amides is 4. The van der Waals surface area contributed by atoms with Crippen LogP contribution < -0.4 is 16.0 Å². The van der Waals surface area contributed by atoms with Crippen LogP contribution in [-0.4, -0.2) is 54.5 Å². The van der Waals surface area contributed by atoms with E-state index in [1.807, 2.05) is 25.7 Å². The number of rotatable bonds is 5. The zero-order valence-electron chi connectivity index (χ0n) is 17.6. The molecule has 1 fully saturated rings. The second-order valence-corrected chi connectivity index (χ2v) is 8.93. The van der Waals surface area contributed by atoms with Crippen LogP contribution >= 0.6 is 0 Å². The zero-order valence-corrected chi connectivity index (χ0v) is 17.6. The Labute approximate surface area is 168 Å². The van der Waals surface area contributed by atoms with Crippen molar-refractivity contribution in [2.45, 2.75) is 71.3 Å². The molecule has 1 aliphatic carbocycles. The third-order valence-corrected chi connectivity index (χ3v) is 5.26. The molecule has 0 saturated carbocycles. The summed E-state index contributed by atoms with van der Waals surface area (Å²) in [5, 5.41) is 8.42. The summed E-state index contributed by atoms with van der Waals surface area (Å²) in [4.78, 5) is 37.9. The first-order valence-electron chi connectivity index (χ1n) is 10.6. The van der Waals surface area contributed by atoms with Crippen LogP contribution in [0.25, 0.3) is 0 Å². The number of nitrogens with zero attached hydrogens (tertiary/aromatic N) is 1. The molecule has 1 aliphatic heterocycles. The van der Waals surface area contributed by atoms with E-state index < -0.39 is 11.8 Å². The van der Waals surface area contributed by atoms with E-state index in [2.05, 4.69) is 22.0 Å². The van der Waals surface area contributed by atoms with Gasteiger partial charge in [0, 0.05) is 31.7 Å². The Bertz CT molecular complexity index is 587. The van der Waals surface area contributed by atoms with Gasteiger partial charge in [-0.05, 0) is 71.6 Å². The molecule has 3 N–H and O–H groups in total. The predicted octanol–water partition coefficient (Wildman–Crippen LogP) is 2.33. The highest BCUT2D eigenvalue weighted by atomic mass is 16.2. The summed E-state index contributed by atoms with van der Waals surface area (Å²) in [7, 11) is 0. The number of hydrogen-bond acceptors (Lipinski definition) is 3. The minimum atomic E-state index is -0.564. The maximum Gasteiger partial charge on any atom is 0.317 e. The van der Waals surface area contributed by atoms with Gasteiger partial charge in [0.25, 0.3) is 0 Å². The molecule has 0 radical (unpaired) electrons. The Morgan fingerprint density at radius 1 is 1.07 bits per heavy atom. The molecular formula is C21H36N4O3. The molecule has 1 heterocycles. The van der Waals surface area contributed by atoms with Crippen molar-refractivity contribution in [3.05, 3.63) is 11.6 Å². The zero-order chi connectivity index (χ0) is 20.6. The van der Waals surface area contributed by atoms with Gasteiger partial charge < -0.3 is 20.9 Å². The lowest BCUT2D eigenvalue weighted by molar-refractivity contribution is -0.139. The van der Waals surface area contributed by atoms with Crippen LogP contribution in [0.5, 0.6) is 0 Å². The van der Waals surface area contributed by atoms with Crippen LogP contribution in [0.4, 0.5) is 4.79 Å². The van der Waals surface area contributed by atoms with E-state index in [-0.39, 0.29) is 11.6 Å². The van der Waals surface area contributed by atoms with Crippen LogP contribution in [-0.2, 0) is 9.59 Å². The molecule has 0 spiro atoms. The van der Waals surface area contributed by atoms with Crippen molar-refractivity contribution in [1.82, 2.24) is 20.9 Å². The monoisotopic (exact) mass is 392 g/mol. The fourth-order valence-electron chi connectivity index (χ4n) is 3.61. The molecule has 1 saturated heterocycles. The van der Waals surface area contributed by atoms with Crippen LogP contribution in [0, 0.1) is 5.92 Å². The molecule has 28 heavy (non-hydrogen) atoms. The fourth-order valence-corrected chi connectivity index (χ4v) is 3.61. The summed E-state index contributed by atoms with van der Waals surface area (Å²) < 4.78 is 0. The summed E-state index contributed by atoms with van der Waals surface area (Å²) in [6.45, 7) is 8.22. The van der Waals surface area contributed by atoms with Crippen molar-refractivity contribution in [1.29, 1.82) is 0 Å². The van der Waals surface area contributed by atoms with Gasteiger partial charge in [0.15, 0.2) is 0 Å². The first-order chi connectivity index (χ1) is 13.2. The molecule has 2 aliphatic rings. The molecule has 7 heteroatoms. The summed E-state index contributed by atoms with van der Waals surface area (Å²) in [5.41, 5.74) is 1.14. The Balaban J connectivity index is 1.60. The summed E-state index contributed by atoms with van der Waals surface area (Å²) >= 11 is 0. The van der Waals surface area contributed by atoms with E-state index in [9.17, 15) is 14.4 Å². The van der Waals surface area contributed by atoms with Crippen molar-refractivity contribution >= 4 is 17.8 Å².